The highest BCUT2D eigenvalue weighted by Crippen LogP contribution is 2.36. The molecule has 0 saturated carbocycles. The number of phenolic OH excluding ortho intramolecular Hbond substituents is 1. The van der Waals surface area contributed by atoms with Crippen molar-refractivity contribution in [2.45, 2.75) is 32.2 Å². The molecule has 1 aromatic carbocycles. The number of rotatable bonds is 6. The van der Waals surface area contributed by atoms with E-state index < -0.39 is 6.17 Å². The van der Waals surface area contributed by atoms with Crippen LogP contribution < -0.4 is 49.2 Å². The van der Waals surface area contributed by atoms with Gasteiger partial charge in [0.05, 0.1) is 5.69 Å². The maximum absolute atomic E-state index is 9.94. The minimum Gasteiger partial charge on any atom is -0.506 e. The van der Waals surface area contributed by atoms with Crippen LogP contribution in [0.1, 0.15) is 25.3 Å². The SMILES string of the molecule is CC(C)c1cc(O)c(NN)cc1OC1=CNC(NN)NC1NN. The summed E-state index contributed by atoms with van der Waals surface area (Å²) in [6, 6.07) is 3.25. The number of anilines is 1. The highest BCUT2D eigenvalue weighted by atomic mass is 16.5. The summed E-state index contributed by atoms with van der Waals surface area (Å²) < 4.78 is 5.96. The number of aromatic hydroxyl groups is 1. The number of nitrogen functional groups attached to an aromatic ring is 1. The molecule has 0 amide bonds. The van der Waals surface area contributed by atoms with Crippen LogP contribution in [0.3, 0.4) is 0 Å². The highest BCUT2D eigenvalue weighted by Gasteiger charge is 2.24. The fraction of sp³-hybridized carbons (Fsp3) is 0.385. The molecule has 0 bridgehead atoms. The summed E-state index contributed by atoms with van der Waals surface area (Å²) in [5.74, 6) is 17.6. The van der Waals surface area contributed by atoms with Crippen LogP contribution in [-0.4, -0.2) is 17.6 Å². The molecule has 0 spiro atoms. The summed E-state index contributed by atoms with van der Waals surface area (Å²) in [5, 5.41) is 16.0. The van der Waals surface area contributed by atoms with E-state index in [0.29, 0.717) is 17.2 Å². The van der Waals surface area contributed by atoms with Gasteiger partial charge in [0.15, 0.2) is 5.76 Å². The third kappa shape index (κ3) is 3.82. The number of hydrogen-bond donors (Lipinski definition) is 9. The van der Waals surface area contributed by atoms with E-state index in [4.69, 9.17) is 22.3 Å². The number of hydrogen-bond acceptors (Lipinski definition) is 10. The van der Waals surface area contributed by atoms with Crippen molar-refractivity contribution in [3.05, 3.63) is 29.7 Å². The number of nitrogens with two attached hydrogens (primary N) is 3. The summed E-state index contributed by atoms with van der Waals surface area (Å²) in [6.07, 6.45) is 0.840. The molecule has 10 heteroatoms. The zero-order chi connectivity index (χ0) is 17.0. The number of benzene rings is 1. The van der Waals surface area contributed by atoms with Crippen LogP contribution in [-0.2, 0) is 0 Å². The lowest BCUT2D eigenvalue weighted by molar-refractivity contribution is 0.246. The van der Waals surface area contributed by atoms with Gasteiger partial charge in [0.1, 0.15) is 24.0 Å². The van der Waals surface area contributed by atoms with E-state index in [-0.39, 0.29) is 18.0 Å². The Kier molecular flexibility index (Phi) is 5.60. The van der Waals surface area contributed by atoms with Gasteiger partial charge in [-0.05, 0) is 12.0 Å². The zero-order valence-electron chi connectivity index (χ0n) is 13.1. The highest BCUT2D eigenvalue weighted by molar-refractivity contribution is 5.62. The van der Waals surface area contributed by atoms with Crippen LogP contribution in [0, 0.1) is 0 Å². The molecule has 2 rings (SSSR count). The van der Waals surface area contributed by atoms with Crippen molar-refractivity contribution in [2.24, 2.45) is 17.5 Å². The van der Waals surface area contributed by atoms with Crippen LogP contribution in [0.5, 0.6) is 11.5 Å². The fourth-order valence-corrected chi connectivity index (χ4v) is 2.23. The second-order valence-electron chi connectivity index (χ2n) is 5.39. The van der Waals surface area contributed by atoms with Crippen molar-refractivity contribution in [1.29, 1.82) is 0 Å². The molecule has 0 aromatic heterocycles. The molecule has 0 radical (unpaired) electrons. The normalized spacial score (nSPS) is 20.9. The molecule has 10 nitrogen and oxygen atoms in total. The molecule has 1 aromatic rings. The molecule has 1 aliphatic heterocycles. The van der Waals surface area contributed by atoms with Crippen molar-refractivity contribution in [1.82, 2.24) is 21.5 Å². The molecular formula is C13H24N8O2. The minimum absolute atomic E-state index is 0.0540. The van der Waals surface area contributed by atoms with Gasteiger partial charge in [-0.1, -0.05) is 13.8 Å². The fourth-order valence-electron chi connectivity index (χ4n) is 2.23. The van der Waals surface area contributed by atoms with Crippen LogP contribution in [0.15, 0.2) is 24.1 Å². The van der Waals surface area contributed by atoms with Gasteiger partial charge in [-0.3, -0.25) is 22.8 Å². The topological polar surface area (TPSA) is 168 Å². The summed E-state index contributed by atoms with van der Waals surface area (Å²) >= 11 is 0. The molecule has 0 fully saturated rings. The zero-order valence-corrected chi connectivity index (χ0v) is 13.1. The van der Waals surface area contributed by atoms with E-state index in [9.17, 15) is 5.11 Å². The van der Waals surface area contributed by atoms with Crippen LogP contribution in [0.4, 0.5) is 5.69 Å². The molecule has 0 aliphatic carbocycles. The lowest BCUT2D eigenvalue weighted by Gasteiger charge is -2.31. The Labute approximate surface area is 134 Å². The van der Waals surface area contributed by atoms with E-state index in [0.717, 1.165) is 5.56 Å². The largest absolute Gasteiger partial charge is 0.506 e. The van der Waals surface area contributed by atoms with Crippen molar-refractivity contribution in [3.63, 3.8) is 0 Å². The lowest BCUT2D eigenvalue weighted by atomic mass is 10.0. The maximum atomic E-state index is 9.94. The first kappa shape index (κ1) is 17.3. The summed E-state index contributed by atoms with van der Waals surface area (Å²) in [6.45, 7) is 3.99. The third-order valence-corrected chi connectivity index (χ3v) is 3.48. The molecule has 2 atom stereocenters. The summed E-state index contributed by atoms with van der Waals surface area (Å²) in [4.78, 5) is 0. The van der Waals surface area contributed by atoms with Gasteiger partial charge in [0.25, 0.3) is 0 Å². The smallest absolute Gasteiger partial charge is 0.153 e. The van der Waals surface area contributed by atoms with E-state index in [1.54, 1.807) is 18.3 Å². The molecule has 12 N–H and O–H groups in total. The molecule has 1 aliphatic rings. The quantitative estimate of drug-likeness (QED) is 0.175. The van der Waals surface area contributed by atoms with E-state index in [1.165, 1.54) is 0 Å². The van der Waals surface area contributed by atoms with Gasteiger partial charge < -0.3 is 20.6 Å². The Morgan fingerprint density at radius 2 is 1.96 bits per heavy atom. The number of hydrazine groups is 3. The molecule has 1 heterocycles. The average molecular weight is 324 g/mol. The standard InChI is InChI=1S/C13H24N8O2/c1-6(2)7-3-9(22)8(19-14)4-10(7)23-11-5-17-13(21-16)18-12(11)20-15/h3-6,12-13,17-22H,14-16H2,1-2H3. The average Bonchev–Trinajstić information content (AvgIpc) is 2.56. The van der Waals surface area contributed by atoms with E-state index >= 15 is 0 Å². The maximum Gasteiger partial charge on any atom is 0.153 e. The van der Waals surface area contributed by atoms with Gasteiger partial charge in [-0.15, -0.1) is 0 Å². The lowest BCUT2D eigenvalue weighted by Crippen LogP contribution is -2.64. The first-order chi connectivity index (χ1) is 11.0. The van der Waals surface area contributed by atoms with Crippen LogP contribution in [0.2, 0.25) is 0 Å². The Morgan fingerprint density at radius 1 is 1.22 bits per heavy atom. The molecular weight excluding hydrogens is 300 g/mol. The van der Waals surface area contributed by atoms with Crippen molar-refractivity contribution >= 4 is 5.69 Å². The molecule has 0 saturated heterocycles. The molecule has 2 unspecified atom stereocenters. The Bertz CT molecular complexity index is 577. The second-order valence-corrected chi connectivity index (χ2v) is 5.39. The summed E-state index contributed by atoms with van der Waals surface area (Å²) in [5.41, 5.74) is 8.75. The Balaban J connectivity index is 2.32. The number of ether oxygens (including phenoxy) is 1. The van der Waals surface area contributed by atoms with Crippen LogP contribution >= 0.6 is 0 Å². The molecule has 23 heavy (non-hydrogen) atoms. The monoisotopic (exact) mass is 324 g/mol. The van der Waals surface area contributed by atoms with Crippen molar-refractivity contribution < 1.29 is 9.84 Å². The van der Waals surface area contributed by atoms with E-state index in [1.807, 2.05) is 13.8 Å². The first-order valence-electron chi connectivity index (χ1n) is 7.16. The first-order valence-corrected chi connectivity index (χ1v) is 7.16. The van der Waals surface area contributed by atoms with Gasteiger partial charge in [-0.2, -0.15) is 0 Å². The second kappa shape index (κ2) is 7.46. The minimum atomic E-state index is -0.458. The third-order valence-electron chi connectivity index (χ3n) is 3.48. The van der Waals surface area contributed by atoms with Gasteiger partial charge in [0, 0.05) is 17.8 Å². The predicted octanol–water partition coefficient (Wildman–Crippen LogP) is -1.25. The van der Waals surface area contributed by atoms with E-state index in [2.05, 4.69) is 26.9 Å². The predicted molar refractivity (Wildman–Crippen MR) is 87.2 cm³/mol. The number of nitrogens with one attached hydrogen (secondary N) is 5. The Morgan fingerprint density at radius 3 is 2.52 bits per heavy atom. The van der Waals surface area contributed by atoms with Crippen molar-refractivity contribution in [3.8, 4) is 11.5 Å². The van der Waals surface area contributed by atoms with Gasteiger partial charge in [0.2, 0.25) is 0 Å². The van der Waals surface area contributed by atoms with Crippen LogP contribution in [0.25, 0.3) is 0 Å². The van der Waals surface area contributed by atoms with Gasteiger partial charge in [-0.25, -0.2) is 10.9 Å². The Hall–Kier alpha value is -2.08. The summed E-state index contributed by atoms with van der Waals surface area (Å²) in [7, 11) is 0. The molecule has 128 valence electrons. The van der Waals surface area contributed by atoms with Crippen molar-refractivity contribution in [2.75, 3.05) is 5.43 Å². The van der Waals surface area contributed by atoms with Gasteiger partial charge >= 0.3 is 0 Å². The number of phenols is 1.